The highest BCUT2D eigenvalue weighted by atomic mass is 32.2. The highest BCUT2D eigenvalue weighted by Gasteiger charge is 2.43. The van der Waals surface area contributed by atoms with Gasteiger partial charge in [-0.15, -0.1) is 0 Å². The molecule has 0 unspecified atom stereocenters. The third-order valence-corrected chi connectivity index (χ3v) is 9.25. The van der Waals surface area contributed by atoms with Crippen molar-refractivity contribution in [2.75, 3.05) is 39.1 Å². The number of amides is 1. The van der Waals surface area contributed by atoms with Gasteiger partial charge in [-0.25, -0.2) is 23.3 Å². The third kappa shape index (κ3) is 5.78. The monoisotopic (exact) mass is 546 g/mol. The highest BCUT2D eigenvalue weighted by Crippen LogP contribution is 2.27. The van der Waals surface area contributed by atoms with E-state index in [-0.39, 0.29) is 23.9 Å². The summed E-state index contributed by atoms with van der Waals surface area (Å²) >= 11 is 0. The van der Waals surface area contributed by atoms with Crippen LogP contribution in [0.25, 0.3) is 22.0 Å². The number of carbonyl (C=O) groups is 1. The van der Waals surface area contributed by atoms with Gasteiger partial charge in [0, 0.05) is 38.0 Å². The SMILES string of the molecule is C[C@](CCn1cnc2cc(-c3ccc(CCN4CCOCC4)cc3)c(F)cc2c1=O)(C(=O)NO)S(C)(=O)=O. The van der Waals surface area contributed by atoms with Gasteiger partial charge in [-0.05, 0) is 43.0 Å². The zero-order valence-corrected chi connectivity index (χ0v) is 22.1. The van der Waals surface area contributed by atoms with E-state index in [1.54, 1.807) is 0 Å². The molecule has 1 aliphatic rings. The quantitative estimate of drug-likeness (QED) is 0.307. The maximum atomic E-state index is 15.1. The van der Waals surface area contributed by atoms with Crippen molar-refractivity contribution in [3.63, 3.8) is 0 Å². The molecule has 3 aromatic rings. The maximum Gasteiger partial charge on any atom is 0.264 e. The van der Waals surface area contributed by atoms with E-state index in [0.717, 1.165) is 68.6 Å². The predicted octanol–water partition coefficient (Wildman–Crippen LogP) is 1.78. The van der Waals surface area contributed by atoms with Gasteiger partial charge in [0.1, 0.15) is 5.82 Å². The summed E-state index contributed by atoms with van der Waals surface area (Å²) in [5, 5.41) is 9.01. The van der Waals surface area contributed by atoms with Crippen LogP contribution in [0.2, 0.25) is 0 Å². The molecule has 2 heterocycles. The lowest BCUT2D eigenvalue weighted by atomic mass is 10.0. The molecule has 0 saturated carbocycles. The minimum absolute atomic E-state index is 0.0311. The molecule has 1 aliphatic heterocycles. The van der Waals surface area contributed by atoms with E-state index < -0.39 is 31.9 Å². The molecule has 2 N–H and O–H groups in total. The lowest BCUT2D eigenvalue weighted by Gasteiger charge is -2.26. The molecule has 4 rings (SSSR count). The number of nitrogens with zero attached hydrogens (tertiary/aromatic N) is 3. The molecule has 1 saturated heterocycles. The van der Waals surface area contributed by atoms with Crippen LogP contribution in [-0.2, 0) is 32.3 Å². The number of morpholine rings is 1. The minimum atomic E-state index is -3.93. The Morgan fingerprint density at radius 3 is 2.50 bits per heavy atom. The molecule has 204 valence electrons. The second-order valence-corrected chi connectivity index (χ2v) is 12.1. The summed E-state index contributed by atoms with van der Waals surface area (Å²) in [7, 11) is -3.93. The van der Waals surface area contributed by atoms with Crippen LogP contribution in [0.5, 0.6) is 0 Å². The maximum absolute atomic E-state index is 15.1. The van der Waals surface area contributed by atoms with E-state index in [1.165, 1.54) is 17.9 Å². The number of rotatable bonds is 9. The summed E-state index contributed by atoms with van der Waals surface area (Å²) in [5.41, 5.74) is 3.20. The summed E-state index contributed by atoms with van der Waals surface area (Å²) in [6, 6.07) is 10.3. The average molecular weight is 547 g/mol. The topological polar surface area (TPSA) is 131 Å². The number of nitrogens with one attached hydrogen (secondary N) is 1. The number of aromatic nitrogens is 2. The Labute approximate surface area is 219 Å². The van der Waals surface area contributed by atoms with Gasteiger partial charge in [-0.2, -0.15) is 0 Å². The molecule has 10 nitrogen and oxygen atoms in total. The Bertz CT molecular complexity index is 1490. The van der Waals surface area contributed by atoms with Gasteiger partial charge in [0.05, 0.1) is 30.4 Å². The first kappa shape index (κ1) is 27.8. The predicted molar refractivity (Wildman–Crippen MR) is 140 cm³/mol. The van der Waals surface area contributed by atoms with Gasteiger partial charge < -0.3 is 4.74 Å². The molecule has 0 bridgehead atoms. The number of benzene rings is 2. The fraction of sp³-hybridized carbons (Fsp3) is 0.423. The molecule has 12 heteroatoms. The molecule has 1 amide bonds. The second kappa shape index (κ2) is 11.3. The van der Waals surface area contributed by atoms with Gasteiger partial charge >= 0.3 is 0 Å². The van der Waals surface area contributed by atoms with E-state index in [0.29, 0.717) is 11.1 Å². The van der Waals surface area contributed by atoms with Crippen LogP contribution in [0, 0.1) is 5.82 Å². The van der Waals surface area contributed by atoms with Gasteiger partial charge in [-0.3, -0.25) is 24.3 Å². The van der Waals surface area contributed by atoms with Crippen molar-refractivity contribution in [3.8, 4) is 11.1 Å². The smallest absolute Gasteiger partial charge is 0.264 e. The summed E-state index contributed by atoms with van der Waals surface area (Å²) in [6.07, 6.45) is 2.68. The van der Waals surface area contributed by atoms with Crippen molar-refractivity contribution in [2.45, 2.75) is 31.1 Å². The Balaban J connectivity index is 1.54. The number of aryl methyl sites for hydroxylation is 1. The van der Waals surface area contributed by atoms with E-state index in [2.05, 4.69) is 9.88 Å². The Morgan fingerprint density at radius 2 is 1.87 bits per heavy atom. The minimum Gasteiger partial charge on any atom is -0.379 e. The van der Waals surface area contributed by atoms with E-state index in [1.807, 2.05) is 24.3 Å². The van der Waals surface area contributed by atoms with Crippen LogP contribution in [0.3, 0.4) is 0 Å². The fourth-order valence-electron chi connectivity index (χ4n) is 4.44. The highest BCUT2D eigenvalue weighted by molar-refractivity contribution is 7.92. The van der Waals surface area contributed by atoms with Crippen molar-refractivity contribution < 1.29 is 27.5 Å². The molecular weight excluding hydrogens is 515 g/mol. The van der Waals surface area contributed by atoms with Crippen LogP contribution < -0.4 is 11.0 Å². The van der Waals surface area contributed by atoms with Crippen molar-refractivity contribution >= 4 is 26.6 Å². The molecule has 1 aromatic heterocycles. The molecule has 38 heavy (non-hydrogen) atoms. The van der Waals surface area contributed by atoms with Crippen molar-refractivity contribution in [1.29, 1.82) is 0 Å². The number of hydroxylamine groups is 1. The van der Waals surface area contributed by atoms with Gasteiger partial charge in [-0.1, -0.05) is 24.3 Å². The van der Waals surface area contributed by atoms with Crippen molar-refractivity contribution in [3.05, 3.63) is 64.5 Å². The molecule has 1 atom stereocenters. The molecule has 1 fully saturated rings. The standard InChI is InChI=1S/C26H31FN4O6S/c1-26(25(33)29-34,38(2,35)36)8-10-31-17-28-23-16-20(22(27)15-21(23)24(31)32)19-5-3-18(4-6-19)7-9-30-11-13-37-14-12-30/h3-6,15-17,34H,7-14H2,1-2H3,(H,29,33)/t26-/m0/s1. The lowest BCUT2D eigenvalue weighted by molar-refractivity contribution is -0.131. The lowest BCUT2D eigenvalue weighted by Crippen LogP contribution is -2.50. The number of fused-ring (bicyclic) bond motifs is 1. The zero-order chi connectivity index (χ0) is 27.5. The molecule has 0 radical (unpaired) electrons. The van der Waals surface area contributed by atoms with Gasteiger partial charge in [0.2, 0.25) is 0 Å². The molecule has 0 aliphatic carbocycles. The van der Waals surface area contributed by atoms with Crippen LogP contribution in [0.4, 0.5) is 4.39 Å². The van der Waals surface area contributed by atoms with Crippen LogP contribution in [0.15, 0.2) is 47.5 Å². The van der Waals surface area contributed by atoms with E-state index >= 15 is 4.39 Å². The van der Waals surface area contributed by atoms with E-state index in [9.17, 15) is 18.0 Å². The number of sulfone groups is 1. The number of ether oxygens (including phenoxy) is 1. The molecule has 0 spiro atoms. The van der Waals surface area contributed by atoms with Crippen molar-refractivity contribution in [1.82, 2.24) is 19.9 Å². The number of hydrogen-bond donors (Lipinski definition) is 2. The normalized spacial score (nSPS) is 16.3. The first-order valence-electron chi connectivity index (χ1n) is 12.3. The summed E-state index contributed by atoms with van der Waals surface area (Å²) in [4.78, 5) is 31.7. The summed E-state index contributed by atoms with van der Waals surface area (Å²) < 4.78 is 44.0. The third-order valence-electron chi connectivity index (χ3n) is 7.23. The number of carbonyl (C=O) groups excluding carboxylic acids is 1. The van der Waals surface area contributed by atoms with Crippen LogP contribution >= 0.6 is 0 Å². The molecular formula is C26H31FN4O6S. The molecule has 2 aromatic carbocycles. The summed E-state index contributed by atoms with van der Waals surface area (Å²) in [6.45, 7) is 5.24. The van der Waals surface area contributed by atoms with Gasteiger partial charge in [0.25, 0.3) is 11.5 Å². The van der Waals surface area contributed by atoms with Crippen molar-refractivity contribution in [2.24, 2.45) is 0 Å². The second-order valence-electron chi connectivity index (χ2n) is 9.69. The Hall–Kier alpha value is -3.19. The number of halogens is 1. The van der Waals surface area contributed by atoms with Gasteiger partial charge in [0.15, 0.2) is 14.6 Å². The summed E-state index contributed by atoms with van der Waals surface area (Å²) in [5.74, 6) is -1.69. The van der Waals surface area contributed by atoms with Crippen LogP contribution in [-0.4, -0.2) is 77.8 Å². The Kier molecular flexibility index (Phi) is 8.26. The Morgan fingerprint density at radius 1 is 1.18 bits per heavy atom. The largest absolute Gasteiger partial charge is 0.379 e. The first-order valence-corrected chi connectivity index (χ1v) is 14.1. The first-order chi connectivity index (χ1) is 18.0. The average Bonchev–Trinajstić information content (AvgIpc) is 2.91. The zero-order valence-electron chi connectivity index (χ0n) is 21.3. The fourth-order valence-corrected chi connectivity index (χ4v) is 5.29. The number of hydrogen-bond acceptors (Lipinski definition) is 8. The van der Waals surface area contributed by atoms with Crippen LogP contribution in [0.1, 0.15) is 18.9 Å². The van der Waals surface area contributed by atoms with E-state index in [4.69, 9.17) is 9.94 Å².